The van der Waals surface area contributed by atoms with Crippen LogP contribution in [-0.4, -0.2) is 27.5 Å². The first-order valence-corrected chi connectivity index (χ1v) is 7.98. The number of rotatable bonds is 5. The van der Waals surface area contributed by atoms with E-state index in [9.17, 15) is 8.42 Å². The van der Waals surface area contributed by atoms with E-state index in [2.05, 4.69) is 10.3 Å². The maximum atomic E-state index is 12.3. The van der Waals surface area contributed by atoms with Crippen molar-refractivity contribution in [3.8, 4) is 5.75 Å². The van der Waals surface area contributed by atoms with E-state index in [1.54, 1.807) is 44.4 Å². The highest BCUT2D eigenvalue weighted by Crippen LogP contribution is 2.30. The molecule has 0 aromatic heterocycles. The molecule has 7 heteroatoms. The number of aryl methyl sites for hydroxylation is 1. The molecule has 0 bridgehead atoms. The third kappa shape index (κ3) is 4.05. The third-order valence-corrected chi connectivity index (χ3v) is 3.95. The summed E-state index contributed by atoms with van der Waals surface area (Å²) >= 11 is 0. The minimum Gasteiger partial charge on any atom is -0.377 e. The number of para-hydroxylation sites is 1. The summed E-state index contributed by atoms with van der Waals surface area (Å²) in [6, 6.07) is 13.0. The lowest BCUT2D eigenvalue weighted by atomic mass is 10.2. The van der Waals surface area contributed by atoms with Crippen molar-refractivity contribution in [1.29, 1.82) is 0 Å². The molecule has 0 fully saturated rings. The molecule has 0 aliphatic carbocycles. The quantitative estimate of drug-likeness (QED) is 0.481. The number of hydrogen-bond donors (Lipinski definition) is 0. The summed E-state index contributed by atoms with van der Waals surface area (Å²) in [4.78, 5) is 0.0949. The molecule has 0 unspecified atom stereocenters. The van der Waals surface area contributed by atoms with Gasteiger partial charge in [-0.15, -0.1) is 5.11 Å². The smallest absolute Gasteiger partial charge is 0.339 e. The van der Waals surface area contributed by atoms with Gasteiger partial charge in [0, 0.05) is 14.1 Å². The lowest BCUT2D eigenvalue weighted by molar-refractivity contribution is 0.407. The van der Waals surface area contributed by atoms with Gasteiger partial charge >= 0.3 is 10.1 Å². The van der Waals surface area contributed by atoms with Crippen LogP contribution in [0.4, 0.5) is 5.69 Å². The molecule has 0 N–H and O–H groups in total. The van der Waals surface area contributed by atoms with Gasteiger partial charge < -0.3 is 4.18 Å². The van der Waals surface area contributed by atoms with Crippen molar-refractivity contribution in [2.45, 2.75) is 11.8 Å². The minimum atomic E-state index is -3.91. The number of benzene rings is 2. The van der Waals surface area contributed by atoms with E-state index >= 15 is 0 Å². The van der Waals surface area contributed by atoms with Gasteiger partial charge in [-0.2, -0.15) is 8.42 Å². The molecule has 6 nitrogen and oxygen atoms in total. The Morgan fingerprint density at radius 3 is 2.27 bits per heavy atom. The van der Waals surface area contributed by atoms with Gasteiger partial charge in [-0.1, -0.05) is 35.1 Å². The Morgan fingerprint density at radius 2 is 1.64 bits per heavy atom. The average molecular weight is 319 g/mol. The maximum Gasteiger partial charge on any atom is 0.339 e. The normalized spacial score (nSPS) is 11.6. The van der Waals surface area contributed by atoms with Crippen LogP contribution in [0.1, 0.15) is 5.56 Å². The average Bonchev–Trinajstić information content (AvgIpc) is 2.46. The second-order valence-corrected chi connectivity index (χ2v) is 6.40. The van der Waals surface area contributed by atoms with Crippen LogP contribution in [-0.2, 0) is 10.1 Å². The van der Waals surface area contributed by atoms with Crippen LogP contribution in [0.3, 0.4) is 0 Å². The van der Waals surface area contributed by atoms with Crippen LogP contribution in [0, 0.1) is 6.92 Å². The van der Waals surface area contributed by atoms with E-state index in [0.717, 1.165) is 5.56 Å². The SMILES string of the molecule is Cc1ccc(S(=O)(=O)Oc2ccccc2N=NN(C)C)cc1. The molecule has 0 aliphatic heterocycles. The molecule has 2 rings (SSSR count). The van der Waals surface area contributed by atoms with Gasteiger partial charge in [-0.05, 0) is 31.2 Å². The van der Waals surface area contributed by atoms with Crippen molar-refractivity contribution in [2.24, 2.45) is 10.3 Å². The Bertz CT molecular complexity index is 769. The van der Waals surface area contributed by atoms with E-state index in [1.807, 2.05) is 6.92 Å². The molecular weight excluding hydrogens is 302 g/mol. The molecule has 22 heavy (non-hydrogen) atoms. The Labute approximate surface area is 130 Å². The second-order valence-electron chi connectivity index (χ2n) is 4.85. The number of hydrogen-bond acceptors (Lipinski definition) is 5. The van der Waals surface area contributed by atoms with E-state index < -0.39 is 10.1 Å². The van der Waals surface area contributed by atoms with Crippen LogP contribution in [0.15, 0.2) is 63.8 Å². The lowest BCUT2D eigenvalue weighted by Gasteiger charge is -2.09. The van der Waals surface area contributed by atoms with E-state index in [4.69, 9.17) is 4.18 Å². The van der Waals surface area contributed by atoms with Gasteiger partial charge in [0.2, 0.25) is 0 Å². The van der Waals surface area contributed by atoms with Gasteiger partial charge in [0.15, 0.2) is 5.75 Å². The highest BCUT2D eigenvalue weighted by Gasteiger charge is 2.18. The standard InChI is InChI=1S/C15H17N3O3S/c1-12-8-10-13(11-9-12)22(19,20)21-15-7-5-4-6-14(15)16-17-18(2)3/h4-11H,1-3H3. The predicted octanol–water partition coefficient (Wildman–Crippen LogP) is 3.32. The number of nitrogens with zero attached hydrogens (tertiary/aromatic N) is 3. The van der Waals surface area contributed by atoms with Gasteiger partial charge in [0.05, 0.1) is 0 Å². The van der Waals surface area contributed by atoms with Gasteiger partial charge in [-0.25, -0.2) is 0 Å². The summed E-state index contributed by atoms with van der Waals surface area (Å²) in [7, 11) is -0.470. The zero-order valence-corrected chi connectivity index (χ0v) is 13.4. The van der Waals surface area contributed by atoms with Crippen molar-refractivity contribution in [3.63, 3.8) is 0 Å². The first kappa shape index (κ1) is 16.0. The highest BCUT2D eigenvalue weighted by atomic mass is 32.2. The first-order chi connectivity index (χ1) is 10.4. The Hall–Kier alpha value is -2.41. The van der Waals surface area contributed by atoms with E-state index in [0.29, 0.717) is 5.69 Å². The summed E-state index contributed by atoms with van der Waals surface area (Å²) in [5, 5.41) is 9.32. The molecule has 0 saturated heterocycles. The highest BCUT2D eigenvalue weighted by molar-refractivity contribution is 7.87. The summed E-state index contributed by atoms with van der Waals surface area (Å²) < 4.78 is 29.8. The van der Waals surface area contributed by atoms with Crippen molar-refractivity contribution in [1.82, 2.24) is 5.01 Å². The van der Waals surface area contributed by atoms with Crippen molar-refractivity contribution in [2.75, 3.05) is 14.1 Å². The van der Waals surface area contributed by atoms with E-state index in [1.165, 1.54) is 23.2 Å². The van der Waals surface area contributed by atoms with Crippen molar-refractivity contribution < 1.29 is 12.6 Å². The first-order valence-electron chi connectivity index (χ1n) is 6.57. The zero-order chi connectivity index (χ0) is 16.2. The topological polar surface area (TPSA) is 71.3 Å². The zero-order valence-electron chi connectivity index (χ0n) is 12.6. The molecule has 0 saturated carbocycles. The Balaban J connectivity index is 2.32. The molecule has 0 atom stereocenters. The monoisotopic (exact) mass is 319 g/mol. The second kappa shape index (κ2) is 6.57. The van der Waals surface area contributed by atoms with Crippen LogP contribution >= 0.6 is 0 Å². The molecule has 116 valence electrons. The third-order valence-electron chi connectivity index (χ3n) is 2.71. The van der Waals surface area contributed by atoms with Gasteiger partial charge in [0.25, 0.3) is 0 Å². The Morgan fingerprint density at radius 1 is 1.00 bits per heavy atom. The van der Waals surface area contributed by atoms with Crippen LogP contribution < -0.4 is 4.18 Å². The fourth-order valence-electron chi connectivity index (χ4n) is 1.62. The minimum absolute atomic E-state index is 0.0949. The van der Waals surface area contributed by atoms with Gasteiger partial charge in [-0.3, -0.25) is 5.01 Å². The van der Waals surface area contributed by atoms with Crippen molar-refractivity contribution >= 4 is 15.8 Å². The molecule has 0 radical (unpaired) electrons. The molecule has 2 aromatic rings. The molecular formula is C15H17N3O3S. The molecule has 0 amide bonds. The van der Waals surface area contributed by atoms with Crippen molar-refractivity contribution in [3.05, 3.63) is 54.1 Å². The summed E-state index contributed by atoms with van der Waals surface area (Å²) in [6.07, 6.45) is 0. The van der Waals surface area contributed by atoms with E-state index in [-0.39, 0.29) is 10.6 Å². The lowest BCUT2D eigenvalue weighted by Crippen LogP contribution is -2.09. The maximum absolute atomic E-state index is 12.3. The molecule has 0 heterocycles. The molecule has 0 aliphatic rings. The van der Waals surface area contributed by atoms with Crippen LogP contribution in [0.2, 0.25) is 0 Å². The largest absolute Gasteiger partial charge is 0.377 e. The Kier molecular flexibility index (Phi) is 4.77. The van der Waals surface area contributed by atoms with Gasteiger partial charge in [0.1, 0.15) is 10.6 Å². The summed E-state index contributed by atoms with van der Waals surface area (Å²) in [5.74, 6) is 0.133. The van der Waals surface area contributed by atoms with Crippen LogP contribution in [0.25, 0.3) is 0 Å². The fraction of sp³-hybridized carbons (Fsp3) is 0.200. The summed E-state index contributed by atoms with van der Waals surface area (Å²) in [5.41, 5.74) is 1.31. The summed E-state index contributed by atoms with van der Waals surface area (Å²) in [6.45, 7) is 1.88. The molecule has 0 spiro atoms. The fourth-order valence-corrected chi connectivity index (χ4v) is 2.56. The predicted molar refractivity (Wildman–Crippen MR) is 83.6 cm³/mol. The molecule has 2 aromatic carbocycles. The van der Waals surface area contributed by atoms with Crippen LogP contribution in [0.5, 0.6) is 5.75 Å².